The molecule has 0 amide bonds. The number of aliphatic hydroxyl groups is 1. The Hall–Kier alpha value is -0.900. The maximum Gasteiger partial charge on any atom is 0.271 e. The number of rotatable bonds is 2. The van der Waals surface area contributed by atoms with Gasteiger partial charge in [-0.1, -0.05) is 0 Å². The van der Waals surface area contributed by atoms with Crippen LogP contribution in [0, 0.1) is 0 Å². The molecule has 56 valence electrons. The number of furan rings is 1. The molecule has 4 heteroatoms. The van der Waals surface area contributed by atoms with Crippen molar-refractivity contribution in [3.05, 3.63) is 24.2 Å². The predicted octanol–water partition coefficient (Wildman–Crippen LogP) is 1.58. The topological polar surface area (TPSA) is 33.4 Å². The van der Waals surface area contributed by atoms with Gasteiger partial charge in [0.05, 0.1) is 6.26 Å². The summed E-state index contributed by atoms with van der Waals surface area (Å²) >= 11 is 0. The van der Waals surface area contributed by atoms with Gasteiger partial charge in [-0.05, 0) is 12.1 Å². The summed E-state index contributed by atoms with van der Waals surface area (Å²) < 4.78 is 27.9. The Kier molecular flexibility index (Phi) is 2.01. The minimum atomic E-state index is -2.79. The first-order valence-electron chi connectivity index (χ1n) is 2.71. The summed E-state index contributed by atoms with van der Waals surface area (Å²) in [6, 6.07) is 2.75. The van der Waals surface area contributed by atoms with E-state index in [1.165, 1.54) is 18.4 Å². The van der Waals surface area contributed by atoms with Gasteiger partial charge in [0.15, 0.2) is 6.10 Å². The van der Waals surface area contributed by atoms with Crippen LogP contribution in [0.1, 0.15) is 11.9 Å². The number of hydrogen-bond acceptors (Lipinski definition) is 2. The Morgan fingerprint density at radius 1 is 1.50 bits per heavy atom. The average Bonchev–Trinajstić information content (AvgIpc) is 2.36. The van der Waals surface area contributed by atoms with Gasteiger partial charge in [0.1, 0.15) is 5.76 Å². The smallest absolute Gasteiger partial charge is 0.271 e. The van der Waals surface area contributed by atoms with Crippen LogP contribution in [0.15, 0.2) is 22.8 Å². The monoisotopic (exact) mass is 148 g/mol. The molecule has 0 saturated carbocycles. The van der Waals surface area contributed by atoms with Crippen molar-refractivity contribution in [1.29, 1.82) is 0 Å². The molecule has 0 aliphatic carbocycles. The lowest BCUT2D eigenvalue weighted by Crippen LogP contribution is -2.06. The SMILES string of the molecule is OC(c1ccco1)C(F)F. The van der Waals surface area contributed by atoms with Crippen LogP contribution in [0.4, 0.5) is 8.78 Å². The molecule has 1 unspecified atom stereocenters. The molecule has 0 aliphatic heterocycles. The molecule has 1 N–H and O–H groups in total. The highest BCUT2D eigenvalue weighted by atomic mass is 19.3. The minimum absolute atomic E-state index is 0.102. The summed E-state index contributed by atoms with van der Waals surface area (Å²) in [5.74, 6) is -0.102. The van der Waals surface area contributed by atoms with Crippen LogP contribution in [0.5, 0.6) is 0 Å². The highest BCUT2D eigenvalue weighted by molar-refractivity contribution is 5.02. The van der Waals surface area contributed by atoms with E-state index in [1.807, 2.05) is 0 Å². The lowest BCUT2D eigenvalue weighted by atomic mass is 10.3. The molecule has 0 saturated heterocycles. The van der Waals surface area contributed by atoms with Gasteiger partial charge in [-0.15, -0.1) is 0 Å². The molecule has 1 atom stereocenters. The van der Waals surface area contributed by atoms with E-state index in [-0.39, 0.29) is 5.76 Å². The van der Waals surface area contributed by atoms with Gasteiger partial charge in [-0.3, -0.25) is 0 Å². The number of halogens is 2. The van der Waals surface area contributed by atoms with Crippen molar-refractivity contribution in [2.24, 2.45) is 0 Å². The summed E-state index contributed by atoms with van der Waals surface area (Å²) in [4.78, 5) is 0. The van der Waals surface area contributed by atoms with Crippen LogP contribution in [-0.2, 0) is 0 Å². The Morgan fingerprint density at radius 2 is 2.20 bits per heavy atom. The van der Waals surface area contributed by atoms with Crippen LogP contribution < -0.4 is 0 Å². The third kappa shape index (κ3) is 1.33. The van der Waals surface area contributed by atoms with E-state index >= 15 is 0 Å². The normalized spacial score (nSPS) is 14.0. The van der Waals surface area contributed by atoms with Gasteiger partial charge in [0, 0.05) is 0 Å². The van der Waals surface area contributed by atoms with Crippen molar-refractivity contribution in [2.45, 2.75) is 12.5 Å². The molecular weight excluding hydrogens is 142 g/mol. The van der Waals surface area contributed by atoms with Crippen molar-refractivity contribution in [2.75, 3.05) is 0 Å². The summed E-state index contributed by atoms with van der Waals surface area (Å²) in [5.41, 5.74) is 0. The first-order chi connectivity index (χ1) is 4.72. The van der Waals surface area contributed by atoms with E-state index in [9.17, 15) is 8.78 Å². The molecule has 0 bridgehead atoms. The van der Waals surface area contributed by atoms with Gasteiger partial charge in [0.25, 0.3) is 6.43 Å². The van der Waals surface area contributed by atoms with E-state index in [2.05, 4.69) is 4.42 Å². The van der Waals surface area contributed by atoms with Gasteiger partial charge < -0.3 is 9.52 Å². The van der Waals surface area contributed by atoms with E-state index < -0.39 is 12.5 Å². The van der Waals surface area contributed by atoms with Crippen molar-refractivity contribution in [3.8, 4) is 0 Å². The fraction of sp³-hybridized carbons (Fsp3) is 0.333. The molecule has 0 aliphatic rings. The highest BCUT2D eigenvalue weighted by Crippen LogP contribution is 2.19. The summed E-state index contributed by atoms with van der Waals surface area (Å²) in [5, 5.41) is 8.64. The zero-order chi connectivity index (χ0) is 7.56. The van der Waals surface area contributed by atoms with Gasteiger partial charge in [0.2, 0.25) is 0 Å². The molecule has 1 heterocycles. The van der Waals surface area contributed by atoms with Crippen molar-refractivity contribution in [1.82, 2.24) is 0 Å². The standard InChI is InChI=1S/C6H6F2O2/c7-6(8)5(9)4-2-1-3-10-4/h1-3,5-6,9H. The Labute approximate surface area is 56.1 Å². The molecule has 0 spiro atoms. The van der Waals surface area contributed by atoms with E-state index in [0.29, 0.717) is 0 Å². The zero-order valence-corrected chi connectivity index (χ0v) is 5.00. The molecule has 1 aromatic heterocycles. The molecule has 1 rings (SSSR count). The molecular formula is C6H6F2O2. The number of alkyl halides is 2. The van der Waals surface area contributed by atoms with Crippen molar-refractivity contribution in [3.63, 3.8) is 0 Å². The van der Waals surface area contributed by atoms with Crippen LogP contribution in [0.3, 0.4) is 0 Å². The van der Waals surface area contributed by atoms with Crippen LogP contribution in [-0.4, -0.2) is 11.5 Å². The summed E-state index contributed by atoms with van der Waals surface area (Å²) in [6.07, 6.45) is -3.35. The quantitative estimate of drug-likeness (QED) is 0.690. The molecule has 10 heavy (non-hydrogen) atoms. The van der Waals surface area contributed by atoms with Crippen molar-refractivity contribution >= 4 is 0 Å². The first kappa shape index (κ1) is 7.21. The fourth-order valence-corrected chi connectivity index (χ4v) is 0.584. The fourth-order valence-electron chi connectivity index (χ4n) is 0.584. The van der Waals surface area contributed by atoms with Crippen LogP contribution in [0.2, 0.25) is 0 Å². The van der Waals surface area contributed by atoms with Gasteiger partial charge in [-0.2, -0.15) is 0 Å². The first-order valence-corrected chi connectivity index (χ1v) is 2.71. The largest absolute Gasteiger partial charge is 0.466 e. The molecule has 2 nitrogen and oxygen atoms in total. The second kappa shape index (κ2) is 2.79. The summed E-state index contributed by atoms with van der Waals surface area (Å²) in [7, 11) is 0. The van der Waals surface area contributed by atoms with Crippen LogP contribution in [0.25, 0.3) is 0 Å². The molecule has 0 aromatic carbocycles. The third-order valence-electron chi connectivity index (χ3n) is 1.07. The maximum atomic E-state index is 11.7. The predicted molar refractivity (Wildman–Crippen MR) is 29.7 cm³/mol. The minimum Gasteiger partial charge on any atom is -0.466 e. The highest BCUT2D eigenvalue weighted by Gasteiger charge is 2.20. The molecule has 0 fully saturated rings. The average molecular weight is 148 g/mol. The second-order valence-electron chi connectivity index (χ2n) is 1.79. The maximum absolute atomic E-state index is 11.7. The second-order valence-corrected chi connectivity index (χ2v) is 1.79. The lowest BCUT2D eigenvalue weighted by Gasteiger charge is -2.03. The Morgan fingerprint density at radius 3 is 2.60 bits per heavy atom. The van der Waals surface area contributed by atoms with E-state index in [4.69, 9.17) is 5.11 Å². The molecule has 1 aromatic rings. The van der Waals surface area contributed by atoms with Gasteiger partial charge in [-0.25, -0.2) is 8.78 Å². The third-order valence-corrected chi connectivity index (χ3v) is 1.07. The number of aliphatic hydroxyl groups excluding tert-OH is 1. The lowest BCUT2D eigenvalue weighted by molar-refractivity contribution is -0.0176. The zero-order valence-electron chi connectivity index (χ0n) is 5.00. The number of hydrogen-bond donors (Lipinski definition) is 1. The van der Waals surface area contributed by atoms with Gasteiger partial charge >= 0.3 is 0 Å². The Balaban J connectivity index is 2.68. The Bertz CT molecular complexity index is 184. The van der Waals surface area contributed by atoms with E-state index in [0.717, 1.165) is 0 Å². The summed E-state index contributed by atoms with van der Waals surface area (Å²) in [6.45, 7) is 0. The van der Waals surface area contributed by atoms with E-state index in [1.54, 1.807) is 0 Å². The van der Waals surface area contributed by atoms with Crippen LogP contribution >= 0.6 is 0 Å². The van der Waals surface area contributed by atoms with Crippen molar-refractivity contribution < 1.29 is 18.3 Å². The molecule has 0 radical (unpaired) electrons.